The highest BCUT2D eigenvalue weighted by Crippen LogP contribution is 2.25. The van der Waals surface area contributed by atoms with Gasteiger partial charge in [0.2, 0.25) is 15.9 Å². The molecule has 7 nitrogen and oxygen atoms in total. The second-order valence-corrected chi connectivity index (χ2v) is 8.56. The molecule has 0 spiro atoms. The van der Waals surface area contributed by atoms with Gasteiger partial charge in [-0.1, -0.05) is 6.07 Å². The Hall–Kier alpha value is -1.93. The molecule has 1 aromatic rings. The molecule has 3 rings (SSSR count). The molecule has 1 aromatic carbocycles. The molecule has 0 bridgehead atoms. The van der Waals surface area contributed by atoms with Gasteiger partial charge >= 0.3 is 0 Å². The lowest BCUT2D eigenvalue weighted by Crippen LogP contribution is -2.42. The number of hydrogen-bond acceptors (Lipinski definition) is 4. The zero-order valence-electron chi connectivity index (χ0n) is 14.2. The molecule has 25 heavy (non-hydrogen) atoms. The van der Waals surface area contributed by atoms with Crippen LogP contribution in [0.3, 0.4) is 0 Å². The third-order valence-corrected chi connectivity index (χ3v) is 6.35. The van der Waals surface area contributed by atoms with E-state index in [1.165, 1.54) is 12.1 Å². The maximum atomic E-state index is 12.8. The molecule has 2 aliphatic rings. The average Bonchev–Trinajstić information content (AvgIpc) is 3.37. The Labute approximate surface area is 147 Å². The molecule has 0 atom stereocenters. The Morgan fingerprint density at radius 3 is 2.36 bits per heavy atom. The molecule has 3 N–H and O–H groups in total. The fraction of sp³-hybridized carbons (Fsp3) is 0.529. The molecule has 1 saturated carbocycles. The monoisotopic (exact) mass is 365 g/mol. The molecule has 8 heteroatoms. The molecule has 1 saturated heterocycles. The molecule has 1 aliphatic heterocycles. The number of nitrogens with two attached hydrogens (primary N) is 1. The van der Waals surface area contributed by atoms with Crippen LogP contribution in [0.2, 0.25) is 0 Å². The third-order valence-electron chi connectivity index (χ3n) is 4.83. The van der Waals surface area contributed by atoms with Gasteiger partial charge < -0.3 is 10.6 Å². The van der Waals surface area contributed by atoms with Crippen LogP contribution in [-0.2, 0) is 14.8 Å². The molecule has 1 heterocycles. The quantitative estimate of drug-likeness (QED) is 0.803. The number of primary amides is 1. The summed E-state index contributed by atoms with van der Waals surface area (Å²) < 4.78 is 27.4. The fourth-order valence-electron chi connectivity index (χ4n) is 3.02. The van der Waals surface area contributed by atoms with E-state index in [-0.39, 0.29) is 28.7 Å². The zero-order chi connectivity index (χ0) is 18.2. The average molecular weight is 365 g/mol. The number of piperidine rings is 1. The Bertz CT molecular complexity index is 794. The number of benzene rings is 1. The summed E-state index contributed by atoms with van der Waals surface area (Å²) in [5.74, 6) is -0.731. The van der Waals surface area contributed by atoms with E-state index in [1.807, 2.05) is 0 Å². The first kappa shape index (κ1) is 17.9. The third kappa shape index (κ3) is 4.01. The number of nitrogens with zero attached hydrogens (tertiary/aromatic N) is 1. The minimum Gasteiger partial charge on any atom is -0.369 e. The predicted molar refractivity (Wildman–Crippen MR) is 92.3 cm³/mol. The number of sulfonamides is 1. The number of aryl methyl sites for hydroxylation is 1. The number of carbonyl (C=O) groups excluding carboxylic acids is 2. The van der Waals surface area contributed by atoms with Crippen molar-refractivity contribution in [3.63, 3.8) is 0 Å². The van der Waals surface area contributed by atoms with E-state index in [1.54, 1.807) is 17.9 Å². The lowest BCUT2D eigenvalue weighted by Gasteiger charge is -2.31. The van der Waals surface area contributed by atoms with Crippen LogP contribution >= 0.6 is 0 Å². The first-order valence-corrected chi connectivity index (χ1v) is 9.98. The van der Waals surface area contributed by atoms with E-state index in [0.29, 0.717) is 31.5 Å². The topological polar surface area (TPSA) is 110 Å². The van der Waals surface area contributed by atoms with E-state index < -0.39 is 10.0 Å². The van der Waals surface area contributed by atoms with E-state index in [2.05, 4.69) is 4.72 Å². The Balaban J connectivity index is 1.78. The largest absolute Gasteiger partial charge is 0.369 e. The molecule has 0 unspecified atom stereocenters. The van der Waals surface area contributed by atoms with E-state index in [0.717, 1.165) is 18.4 Å². The van der Waals surface area contributed by atoms with Crippen molar-refractivity contribution < 1.29 is 18.0 Å². The first-order valence-electron chi connectivity index (χ1n) is 8.49. The van der Waals surface area contributed by atoms with Crippen molar-refractivity contribution in [1.82, 2.24) is 9.62 Å². The summed E-state index contributed by atoms with van der Waals surface area (Å²) in [5.41, 5.74) is 6.43. The van der Waals surface area contributed by atoms with Crippen LogP contribution in [0.1, 0.15) is 41.6 Å². The predicted octanol–water partition coefficient (Wildman–Crippen LogP) is 0.773. The molecule has 1 aliphatic carbocycles. The van der Waals surface area contributed by atoms with Gasteiger partial charge in [-0.05, 0) is 50.3 Å². The maximum Gasteiger partial charge on any atom is 0.254 e. The van der Waals surface area contributed by atoms with E-state index in [4.69, 9.17) is 5.73 Å². The molecule has 0 aromatic heterocycles. The standard InChI is InChI=1S/C17H23N3O4S/c1-11-2-5-14(25(23,24)19-13-3-4-13)10-15(11)17(22)20-8-6-12(7-9-20)16(18)21/h2,5,10,12-13,19H,3-4,6-9H2,1H3,(H2,18,21). The fourth-order valence-corrected chi connectivity index (χ4v) is 4.36. The van der Waals surface area contributed by atoms with Gasteiger partial charge in [0.05, 0.1) is 4.90 Å². The van der Waals surface area contributed by atoms with Crippen molar-refractivity contribution >= 4 is 21.8 Å². The molecule has 136 valence electrons. The number of likely N-dealkylation sites (tertiary alicyclic amines) is 1. The van der Waals surface area contributed by atoms with Crippen LogP contribution in [0.25, 0.3) is 0 Å². The van der Waals surface area contributed by atoms with Gasteiger partial charge in [-0.25, -0.2) is 13.1 Å². The van der Waals surface area contributed by atoms with Crippen LogP contribution in [-0.4, -0.2) is 44.3 Å². The van der Waals surface area contributed by atoms with Crippen LogP contribution in [0.15, 0.2) is 23.1 Å². The highest BCUT2D eigenvalue weighted by atomic mass is 32.2. The van der Waals surface area contributed by atoms with Gasteiger partial charge in [0.1, 0.15) is 0 Å². The van der Waals surface area contributed by atoms with Crippen LogP contribution in [0.4, 0.5) is 0 Å². The van der Waals surface area contributed by atoms with E-state index in [9.17, 15) is 18.0 Å². The summed E-state index contributed by atoms with van der Waals surface area (Å²) in [5, 5.41) is 0. The number of rotatable bonds is 5. The summed E-state index contributed by atoms with van der Waals surface area (Å²) in [6, 6.07) is 4.64. The Morgan fingerprint density at radius 2 is 1.80 bits per heavy atom. The van der Waals surface area contributed by atoms with Crippen molar-refractivity contribution in [3.8, 4) is 0 Å². The van der Waals surface area contributed by atoms with Crippen molar-refractivity contribution in [1.29, 1.82) is 0 Å². The highest BCUT2D eigenvalue weighted by molar-refractivity contribution is 7.89. The summed E-state index contributed by atoms with van der Waals surface area (Å²) >= 11 is 0. The Morgan fingerprint density at radius 1 is 1.16 bits per heavy atom. The minimum absolute atomic E-state index is 0.0123. The maximum absolute atomic E-state index is 12.8. The smallest absolute Gasteiger partial charge is 0.254 e. The van der Waals surface area contributed by atoms with Crippen LogP contribution in [0.5, 0.6) is 0 Å². The number of nitrogens with one attached hydrogen (secondary N) is 1. The summed E-state index contributed by atoms with van der Waals surface area (Å²) in [6.45, 7) is 2.68. The Kier molecular flexibility index (Phi) is 4.83. The first-order chi connectivity index (χ1) is 11.8. The van der Waals surface area contributed by atoms with Gasteiger partial charge in [-0.15, -0.1) is 0 Å². The van der Waals surface area contributed by atoms with Gasteiger partial charge in [-0.3, -0.25) is 9.59 Å². The van der Waals surface area contributed by atoms with Crippen molar-refractivity contribution in [2.45, 2.75) is 43.5 Å². The van der Waals surface area contributed by atoms with Crippen LogP contribution in [0, 0.1) is 12.8 Å². The SMILES string of the molecule is Cc1ccc(S(=O)(=O)NC2CC2)cc1C(=O)N1CCC(C(N)=O)CC1. The second kappa shape index (κ2) is 6.76. The highest BCUT2D eigenvalue weighted by Gasteiger charge is 2.30. The van der Waals surface area contributed by atoms with Crippen molar-refractivity contribution in [2.75, 3.05) is 13.1 Å². The zero-order valence-corrected chi connectivity index (χ0v) is 15.0. The van der Waals surface area contributed by atoms with Gasteiger partial charge in [0.25, 0.3) is 5.91 Å². The lowest BCUT2D eigenvalue weighted by atomic mass is 9.95. The summed E-state index contributed by atoms with van der Waals surface area (Å²) in [4.78, 5) is 25.8. The number of carbonyl (C=O) groups is 2. The van der Waals surface area contributed by atoms with E-state index >= 15 is 0 Å². The molecule has 2 amide bonds. The van der Waals surface area contributed by atoms with Gasteiger partial charge in [-0.2, -0.15) is 0 Å². The lowest BCUT2D eigenvalue weighted by molar-refractivity contribution is -0.123. The second-order valence-electron chi connectivity index (χ2n) is 6.84. The number of hydrogen-bond donors (Lipinski definition) is 2. The molecular weight excluding hydrogens is 342 g/mol. The van der Waals surface area contributed by atoms with Crippen LogP contribution < -0.4 is 10.5 Å². The summed E-state index contributed by atoms with van der Waals surface area (Å²) in [7, 11) is -3.60. The van der Waals surface area contributed by atoms with Crippen molar-refractivity contribution in [2.24, 2.45) is 11.7 Å². The normalized spacial score (nSPS) is 19.0. The van der Waals surface area contributed by atoms with Gasteiger partial charge in [0.15, 0.2) is 0 Å². The molecule has 2 fully saturated rings. The minimum atomic E-state index is -3.60. The number of amides is 2. The van der Waals surface area contributed by atoms with Crippen molar-refractivity contribution in [3.05, 3.63) is 29.3 Å². The summed E-state index contributed by atoms with van der Waals surface area (Å²) in [6.07, 6.45) is 2.79. The van der Waals surface area contributed by atoms with Gasteiger partial charge in [0, 0.05) is 30.6 Å². The molecule has 0 radical (unpaired) electrons. The molecular formula is C17H23N3O4S.